The number of nitrogens with zero attached hydrogens (tertiary/aromatic N) is 5. The van der Waals surface area contributed by atoms with Gasteiger partial charge in [-0.2, -0.15) is 0 Å². The highest BCUT2D eigenvalue weighted by Crippen LogP contribution is 2.32. The van der Waals surface area contributed by atoms with Gasteiger partial charge in [0.15, 0.2) is 17.1 Å². The van der Waals surface area contributed by atoms with Gasteiger partial charge in [0.05, 0.1) is 0 Å². The van der Waals surface area contributed by atoms with Crippen LogP contribution in [0.15, 0.2) is 30.3 Å². The molecule has 1 N–H and O–H groups in total. The molecule has 0 fully saturated rings. The zero-order valence-corrected chi connectivity index (χ0v) is 10.4. The molecule has 0 saturated carbocycles. The van der Waals surface area contributed by atoms with E-state index in [1.54, 1.807) is 6.07 Å². The van der Waals surface area contributed by atoms with Crippen LogP contribution in [0.4, 0.5) is 5.82 Å². The third-order valence-electron chi connectivity index (χ3n) is 2.98. The second-order valence-electron chi connectivity index (χ2n) is 4.29. The first-order valence-corrected chi connectivity index (χ1v) is 6.06. The van der Waals surface area contributed by atoms with Crippen molar-refractivity contribution in [2.75, 3.05) is 12.1 Å². The summed E-state index contributed by atoms with van der Waals surface area (Å²) in [5, 5.41) is 18.5. The Morgan fingerprint density at radius 3 is 3.10 bits per heavy atom. The van der Waals surface area contributed by atoms with Gasteiger partial charge in [-0.15, -0.1) is 14.8 Å². The Morgan fingerprint density at radius 2 is 2.10 bits per heavy atom. The van der Waals surface area contributed by atoms with E-state index < -0.39 is 0 Å². The zero-order chi connectivity index (χ0) is 13.4. The Hall–Kier alpha value is -2.90. The third-order valence-corrected chi connectivity index (χ3v) is 2.98. The first kappa shape index (κ1) is 11.0. The molecule has 1 aliphatic heterocycles. The molecule has 0 spiro atoms. The molecule has 0 aliphatic carbocycles. The van der Waals surface area contributed by atoms with E-state index in [2.05, 4.69) is 25.9 Å². The fourth-order valence-electron chi connectivity index (χ4n) is 1.99. The molecule has 8 nitrogen and oxygen atoms in total. The van der Waals surface area contributed by atoms with Crippen LogP contribution >= 0.6 is 0 Å². The highest BCUT2D eigenvalue weighted by atomic mass is 16.7. The molecule has 2 aromatic heterocycles. The number of hydrogen-bond acceptors (Lipinski definition) is 7. The molecule has 3 heterocycles. The van der Waals surface area contributed by atoms with Gasteiger partial charge in [-0.05, 0) is 40.3 Å². The van der Waals surface area contributed by atoms with Crippen LogP contribution in [0, 0.1) is 0 Å². The smallest absolute Gasteiger partial charge is 0.231 e. The summed E-state index contributed by atoms with van der Waals surface area (Å²) in [7, 11) is 0. The van der Waals surface area contributed by atoms with E-state index in [0.29, 0.717) is 18.0 Å². The molecule has 20 heavy (non-hydrogen) atoms. The van der Waals surface area contributed by atoms with E-state index in [1.807, 2.05) is 24.3 Å². The first-order valence-electron chi connectivity index (χ1n) is 6.06. The second kappa shape index (κ2) is 4.34. The highest BCUT2D eigenvalue weighted by molar-refractivity contribution is 5.46. The van der Waals surface area contributed by atoms with Crippen LogP contribution in [-0.4, -0.2) is 32.0 Å². The Balaban J connectivity index is 1.52. The normalized spacial score (nSPS) is 12.8. The predicted molar refractivity (Wildman–Crippen MR) is 68.5 cm³/mol. The zero-order valence-electron chi connectivity index (χ0n) is 10.4. The van der Waals surface area contributed by atoms with E-state index in [9.17, 15) is 0 Å². The minimum absolute atomic E-state index is 0.281. The molecule has 4 rings (SSSR count). The van der Waals surface area contributed by atoms with Gasteiger partial charge in [0, 0.05) is 6.54 Å². The van der Waals surface area contributed by atoms with Gasteiger partial charge in [0.25, 0.3) is 0 Å². The lowest BCUT2D eigenvalue weighted by atomic mass is 10.2. The predicted octanol–water partition coefficient (Wildman–Crippen LogP) is 0.860. The standard InChI is InChI=1S/C12H10N6O2/c1-2-9-10(20-7-19-9)5-8(1)6-13-11-3-4-12-14-16-17-18(12)15-11/h1-5H,6-7H2,(H,13,15). The van der Waals surface area contributed by atoms with Gasteiger partial charge < -0.3 is 14.8 Å². The number of tetrazole rings is 1. The lowest BCUT2D eigenvalue weighted by molar-refractivity contribution is 0.174. The first-order chi connectivity index (χ1) is 9.88. The van der Waals surface area contributed by atoms with Crippen molar-refractivity contribution in [3.8, 4) is 11.5 Å². The molecule has 0 bridgehead atoms. The molecule has 0 saturated heterocycles. The van der Waals surface area contributed by atoms with E-state index in [1.165, 1.54) is 4.63 Å². The van der Waals surface area contributed by atoms with E-state index in [-0.39, 0.29) is 6.79 Å². The van der Waals surface area contributed by atoms with Crippen molar-refractivity contribution >= 4 is 11.5 Å². The highest BCUT2D eigenvalue weighted by Gasteiger charge is 2.13. The van der Waals surface area contributed by atoms with Crippen LogP contribution in [0.1, 0.15) is 5.56 Å². The van der Waals surface area contributed by atoms with Gasteiger partial charge in [-0.25, -0.2) is 0 Å². The van der Waals surface area contributed by atoms with E-state index >= 15 is 0 Å². The minimum Gasteiger partial charge on any atom is -0.454 e. The summed E-state index contributed by atoms with van der Waals surface area (Å²) in [6.07, 6.45) is 0. The van der Waals surface area contributed by atoms with Crippen molar-refractivity contribution in [3.05, 3.63) is 35.9 Å². The maximum Gasteiger partial charge on any atom is 0.231 e. The van der Waals surface area contributed by atoms with Crippen LogP contribution in [0.5, 0.6) is 11.5 Å². The summed E-state index contributed by atoms with van der Waals surface area (Å²) in [5.41, 5.74) is 1.69. The average molecular weight is 270 g/mol. The summed E-state index contributed by atoms with van der Waals surface area (Å²) in [4.78, 5) is 0. The Bertz CT molecular complexity index is 771. The van der Waals surface area contributed by atoms with Crippen molar-refractivity contribution in [2.24, 2.45) is 0 Å². The number of nitrogens with one attached hydrogen (secondary N) is 1. The monoisotopic (exact) mass is 270 g/mol. The molecule has 0 radical (unpaired) electrons. The third kappa shape index (κ3) is 1.87. The number of fused-ring (bicyclic) bond motifs is 2. The number of anilines is 1. The maximum atomic E-state index is 5.34. The maximum absolute atomic E-state index is 5.34. The summed E-state index contributed by atoms with van der Waals surface area (Å²) >= 11 is 0. The second-order valence-corrected chi connectivity index (χ2v) is 4.29. The van der Waals surface area contributed by atoms with Crippen molar-refractivity contribution in [3.63, 3.8) is 0 Å². The quantitative estimate of drug-likeness (QED) is 0.755. The summed E-state index contributed by atoms with van der Waals surface area (Å²) in [5.74, 6) is 2.25. The van der Waals surface area contributed by atoms with Crippen molar-refractivity contribution < 1.29 is 9.47 Å². The van der Waals surface area contributed by atoms with Crippen molar-refractivity contribution in [1.29, 1.82) is 0 Å². The SMILES string of the molecule is c1cc2c(cc1CNc1ccc3nnnn3n1)OCO2. The minimum atomic E-state index is 0.281. The molecule has 0 amide bonds. The topological polar surface area (TPSA) is 86.5 Å². The van der Waals surface area contributed by atoms with Gasteiger partial charge in [-0.3, -0.25) is 0 Å². The largest absolute Gasteiger partial charge is 0.454 e. The lowest BCUT2D eigenvalue weighted by Crippen LogP contribution is -2.04. The number of rotatable bonds is 3. The Labute approximate surface area is 113 Å². The lowest BCUT2D eigenvalue weighted by Gasteiger charge is -2.06. The van der Waals surface area contributed by atoms with Crippen LogP contribution in [0.25, 0.3) is 5.65 Å². The van der Waals surface area contributed by atoms with Gasteiger partial charge >= 0.3 is 0 Å². The average Bonchev–Trinajstić information content (AvgIpc) is 3.12. The number of ether oxygens (including phenoxy) is 2. The molecular weight excluding hydrogens is 260 g/mol. The van der Waals surface area contributed by atoms with Crippen LogP contribution in [0.3, 0.4) is 0 Å². The van der Waals surface area contributed by atoms with Crippen LogP contribution < -0.4 is 14.8 Å². The van der Waals surface area contributed by atoms with Crippen molar-refractivity contribution in [2.45, 2.75) is 6.54 Å². The Kier molecular flexibility index (Phi) is 2.38. The molecule has 0 unspecified atom stereocenters. The fraction of sp³-hybridized carbons (Fsp3) is 0.167. The van der Waals surface area contributed by atoms with Gasteiger partial charge in [-0.1, -0.05) is 6.07 Å². The number of aromatic nitrogens is 5. The molecule has 0 atom stereocenters. The molecule has 100 valence electrons. The molecule has 1 aliphatic rings. The number of benzene rings is 1. The number of hydrogen-bond donors (Lipinski definition) is 1. The Morgan fingerprint density at radius 1 is 1.15 bits per heavy atom. The van der Waals surface area contributed by atoms with Crippen molar-refractivity contribution in [1.82, 2.24) is 25.3 Å². The summed E-state index contributed by atoms with van der Waals surface area (Å²) in [6, 6.07) is 9.46. The summed E-state index contributed by atoms with van der Waals surface area (Å²) in [6.45, 7) is 0.904. The summed E-state index contributed by atoms with van der Waals surface area (Å²) < 4.78 is 12.0. The van der Waals surface area contributed by atoms with Crippen LogP contribution in [-0.2, 0) is 6.54 Å². The van der Waals surface area contributed by atoms with E-state index in [4.69, 9.17) is 9.47 Å². The fourth-order valence-corrected chi connectivity index (χ4v) is 1.99. The van der Waals surface area contributed by atoms with Crippen LogP contribution in [0.2, 0.25) is 0 Å². The van der Waals surface area contributed by atoms with Gasteiger partial charge in [0.1, 0.15) is 5.82 Å². The van der Waals surface area contributed by atoms with Gasteiger partial charge in [0.2, 0.25) is 6.79 Å². The molecule has 3 aromatic rings. The molecule has 8 heteroatoms. The molecular formula is C12H10N6O2. The molecule has 1 aromatic carbocycles. The van der Waals surface area contributed by atoms with E-state index in [0.717, 1.165) is 17.1 Å².